The number of hydrogen-bond acceptors (Lipinski definition) is 4. The Labute approximate surface area is 121 Å². The molecule has 1 aliphatic carbocycles. The van der Waals surface area contributed by atoms with Gasteiger partial charge in [-0.3, -0.25) is 9.69 Å². The van der Waals surface area contributed by atoms with E-state index in [1.165, 1.54) is 12.8 Å². The van der Waals surface area contributed by atoms with Crippen LogP contribution >= 0.6 is 15.9 Å². The van der Waals surface area contributed by atoms with Gasteiger partial charge in [-0.05, 0) is 54.7 Å². The molecular weight excluding hydrogens is 308 g/mol. The SMILES string of the molecule is Cn1nnc(Br)c1C(=O)C1(N2CCCC2)CCCC1. The molecule has 0 bridgehead atoms. The van der Waals surface area contributed by atoms with Gasteiger partial charge in [0.05, 0.1) is 5.54 Å². The van der Waals surface area contributed by atoms with Gasteiger partial charge in [0.25, 0.3) is 0 Å². The number of hydrogen-bond donors (Lipinski definition) is 0. The first-order valence-electron chi connectivity index (χ1n) is 7.00. The standard InChI is InChI=1S/C13H19BrN4O/c1-17-10(12(14)15-16-17)11(19)13(6-2-3-7-13)18-8-4-5-9-18/h2-9H2,1H3. The molecule has 2 heterocycles. The molecule has 0 atom stereocenters. The number of aryl methyl sites for hydroxylation is 1. The van der Waals surface area contributed by atoms with Crippen molar-refractivity contribution in [3.8, 4) is 0 Å². The minimum absolute atomic E-state index is 0.200. The summed E-state index contributed by atoms with van der Waals surface area (Å²) in [5.41, 5.74) is 0.322. The third kappa shape index (κ3) is 2.05. The van der Waals surface area contributed by atoms with Crippen LogP contribution in [0.15, 0.2) is 4.60 Å². The van der Waals surface area contributed by atoms with Crippen molar-refractivity contribution >= 4 is 21.7 Å². The van der Waals surface area contributed by atoms with Gasteiger partial charge < -0.3 is 0 Å². The fraction of sp³-hybridized carbons (Fsp3) is 0.769. The topological polar surface area (TPSA) is 51.0 Å². The molecule has 1 saturated heterocycles. The van der Waals surface area contributed by atoms with Gasteiger partial charge in [0.2, 0.25) is 5.78 Å². The Kier molecular flexibility index (Phi) is 3.47. The summed E-state index contributed by atoms with van der Waals surface area (Å²) in [6.07, 6.45) is 6.66. The molecule has 3 rings (SSSR count). The van der Waals surface area contributed by atoms with Crippen LogP contribution in [0.3, 0.4) is 0 Å². The Bertz CT molecular complexity index is 467. The number of Topliss-reactive ketones (excluding diaryl/α,β-unsaturated/α-hetero) is 1. The molecule has 1 saturated carbocycles. The molecule has 2 fully saturated rings. The number of rotatable bonds is 3. The minimum atomic E-state index is -0.297. The lowest BCUT2D eigenvalue weighted by Crippen LogP contribution is -2.52. The normalized spacial score (nSPS) is 23.1. The molecule has 0 spiro atoms. The molecule has 0 aromatic carbocycles. The van der Waals surface area contributed by atoms with E-state index in [1.807, 2.05) is 0 Å². The molecule has 0 amide bonds. The van der Waals surface area contributed by atoms with Crippen molar-refractivity contribution in [2.45, 2.75) is 44.1 Å². The second-order valence-electron chi connectivity index (χ2n) is 5.61. The van der Waals surface area contributed by atoms with E-state index in [2.05, 4.69) is 31.1 Å². The molecule has 2 aliphatic rings. The maximum Gasteiger partial charge on any atom is 0.203 e. The summed E-state index contributed by atoms with van der Waals surface area (Å²) >= 11 is 3.36. The van der Waals surface area contributed by atoms with Crippen molar-refractivity contribution in [3.63, 3.8) is 0 Å². The van der Waals surface area contributed by atoms with Crippen molar-refractivity contribution in [1.29, 1.82) is 0 Å². The molecule has 104 valence electrons. The van der Waals surface area contributed by atoms with Gasteiger partial charge in [-0.25, -0.2) is 4.68 Å². The second-order valence-corrected chi connectivity index (χ2v) is 6.37. The van der Waals surface area contributed by atoms with Crippen LogP contribution < -0.4 is 0 Å². The molecule has 0 radical (unpaired) electrons. The zero-order valence-electron chi connectivity index (χ0n) is 11.2. The van der Waals surface area contributed by atoms with E-state index >= 15 is 0 Å². The number of carbonyl (C=O) groups excluding carboxylic acids is 1. The van der Waals surface area contributed by atoms with E-state index in [4.69, 9.17) is 0 Å². The first-order chi connectivity index (χ1) is 9.15. The van der Waals surface area contributed by atoms with Crippen LogP contribution in [0.2, 0.25) is 0 Å². The summed E-state index contributed by atoms with van der Waals surface area (Å²) in [5.74, 6) is 0.200. The van der Waals surface area contributed by atoms with Crippen LogP contribution in [0, 0.1) is 0 Å². The van der Waals surface area contributed by atoms with Crippen LogP contribution in [0.1, 0.15) is 49.0 Å². The summed E-state index contributed by atoms with van der Waals surface area (Å²) in [6.45, 7) is 2.10. The largest absolute Gasteiger partial charge is 0.291 e. The van der Waals surface area contributed by atoms with Crippen LogP contribution in [-0.4, -0.2) is 44.3 Å². The molecule has 6 heteroatoms. The number of carbonyl (C=O) groups is 1. The smallest absolute Gasteiger partial charge is 0.203 e. The zero-order chi connectivity index (χ0) is 13.5. The average molecular weight is 327 g/mol. The average Bonchev–Trinajstić information content (AvgIpc) is 3.09. The molecule has 19 heavy (non-hydrogen) atoms. The fourth-order valence-electron chi connectivity index (χ4n) is 3.58. The van der Waals surface area contributed by atoms with Gasteiger partial charge in [0.1, 0.15) is 5.69 Å². The van der Waals surface area contributed by atoms with Gasteiger partial charge in [-0.2, -0.15) is 0 Å². The van der Waals surface area contributed by atoms with Gasteiger partial charge in [-0.1, -0.05) is 18.1 Å². The summed E-state index contributed by atoms with van der Waals surface area (Å²) in [5, 5.41) is 7.90. The van der Waals surface area contributed by atoms with Gasteiger partial charge in [0, 0.05) is 7.05 Å². The predicted octanol–water partition coefficient (Wildman–Crippen LogP) is 2.17. The van der Waals surface area contributed by atoms with Crippen molar-refractivity contribution in [3.05, 3.63) is 10.3 Å². The highest BCUT2D eigenvalue weighted by atomic mass is 79.9. The van der Waals surface area contributed by atoms with Gasteiger partial charge >= 0.3 is 0 Å². The Hall–Kier alpha value is -0.750. The first kappa shape index (κ1) is 13.2. The molecule has 5 nitrogen and oxygen atoms in total. The van der Waals surface area contributed by atoms with E-state index in [-0.39, 0.29) is 11.3 Å². The zero-order valence-corrected chi connectivity index (χ0v) is 12.8. The molecule has 1 aromatic heterocycles. The third-order valence-corrected chi connectivity index (χ3v) is 5.10. The predicted molar refractivity (Wildman–Crippen MR) is 75.0 cm³/mol. The summed E-state index contributed by atoms with van der Waals surface area (Å²) in [7, 11) is 1.79. The highest BCUT2D eigenvalue weighted by Gasteiger charge is 2.48. The highest BCUT2D eigenvalue weighted by Crippen LogP contribution is 2.40. The minimum Gasteiger partial charge on any atom is -0.291 e. The molecule has 0 N–H and O–H groups in total. The van der Waals surface area contributed by atoms with Crippen LogP contribution in [0.5, 0.6) is 0 Å². The maximum atomic E-state index is 13.1. The van der Waals surface area contributed by atoms with Crippen LogP contribution in [0.25, 0.3) is 0 Å². The maximum absolute atomic E-state index is 13.1. The quantitative estimate of drug-likeness (QED) is 0.799. The van der Waals surface area contributed by atoms with E-state index in [0.717, 1.165) is 38.8 Å². The number of nitrogens with zero attached hydrogens (tertiary/aromatic N) is 4. The number of likely N-dealkylation sites (tertiary alicyclic amines) is 1. The molecular formula is C13H19BrN4O. The summed E-state index contributed by atoms with van der Waals surface area (Å²) in [4.78, 5) is 15.5. The summed E-state index contributed by atoms with van der Waals surface area (Å²) < 4.78 is 2.17. The number of aromatic nitrogens is 3. The lowest BCUT2D eigenvalue weighted by atomic mass is 9.88. The Balaban J connectivity index is 1.98. The fourth-order valence-corrected chi connectivity index (χ4v) is 4.09. The highest BCUT2D eigenvalue weighted by molar-refractivity contribution is 9.10. The lowest BCUT2D eigenvalue weighted by Gasteiger charge is -2.37. The molecule has 0 unspecified atom stereocenters. The first-order valence-corrected chi connectivity index (χ1v) is 7.79. The third-order valence-electron chi connectivity index (χ3n) is 4.57. The Morgan fingerprint density at radius 3 is 2.37 bits per heavy atom. The van der Waals surface area contributed by atoms with Gasteiger partial charge in [0.15, 0.2) is 4.60 Å². The lowest BCUT2D eigenvalue weighted by molar-refractivity contribution is 0.0615. The Morgan fingerprint density at radius 2 is 1.84 bits per heavy atom. The van der Waals surface area contributed by atoms with Crippen molar-refractivity contribution in [2.75, 3.05) is 13.1 Å². The second kappa shape index (κ2) is 4.98. The van der Waals surface area contributed by atoms with Crippen LogP contribution in [0.4, 0.5) is 0 Å². The molecule has 1 aliphatic heterocycles. The van der Waals surface area contributed by atoms with Crippen molar-refractivity contribution in [2.24, 2.45) is 7.05 Å². The van der Waals surface area contributed by atoms with Crippen molar-refractivity contribution in [1.82, 2.24) is 19.9 Å². The van der Waals surface area contributed by atoms with E-state index < -0.39 is 0 Å². The molecule has 1 aromatic rings. The van der Waals surface area contributed by atoms with E-state index in [9.17, 15) is 4.79 Å². The van der Waals surface area contributed by atoms with Gasteiger partial charge in [-0.15, -0.1) is 5.10 Å². The monoisotopic (exact) mass is 326 g/mol. The number of halogens is 1. The Morgan fingerprint density at radius 1 is 1.21 bits per heavy atom. The van der Waals surface area contributed by atoms with Crippen LogP contribution in [-0.2, 0) is 7.05 Å². The van der Waals surface area contributed by atoms with E-state index in [1.54, 1.807) is 11.7 Å². The van der Waals surface area contributed by atoms with E-state index in [0.29, 0.717) is 10.3 Å². The van der Waals surface area contributed by atoms with Crippen molar-refractivity contribution < 1.29 is 4.79 Å². The summed E-state index contributed by atoms with van der Waals surface area (Å²) in [6, 6.07) is 0. The number of ketones is 1.